The van der Waals surface area contributed by atoms with Gasteiger partial charge in [-0.25, -0.2) is 0 Å². The van der Waals surface area contributed by atoms with E-state index in [-0.39, 0.29) is 0 Å². The molecular formula is C63H48N2. The van der Waals surface area contributed by atoms with Gasteiger partial charge in [0, 0.05) is 40.1 Å². The Morgan fingerprint density at radius 2 is 0.708 bits per heavy atom. The van der Waals surface area contributed by atoms with Gasteiger partial charge in [0.05, 0.1) is 5.69 Å². The summed E-state index contributed by atoms with van der Waals surface area (Å²) in [4.78, 5) is 4.76. The Balaban J connectivity index is 0.929. The topological polar surface area (TPSA) is 6.48 Å². The molecule has 0 saturated carbocycles. The van der Waals surface area contributed by atoms with Crippen LogP contribution in [0, 0.1) is 0 Å². The van der Waals surface area contributed by atoms with Gasteiger partial charge in [-0.2, -0.15) is 0 Å². The van der Waals surface area contributed by atoms with Gasteiger partial charge < -0.3 is 9.80 Å². The Labute approximate surface area is 382 Å². The third-order valence-corrected chi connectivity index (χ3v) is 12.2. The van der Waals surface area contributed by atoms with E-state index >= 15 is 0 Å². The van der Waals surface area contributed by atoms with Crippen LogP contribution in [0.25, 0.3) is 66.1 Å². The lowest BCUT2D eigenvalue weighted by Gasteiger charge is -2.27. The van der Waals surface area contributed by atoms with Gasteiger partial charge in [-0.1, -0.05) is 225 Å². The minimum Gasteiger partial charge on any atom is -0.337 e. The van der Waals surface area contributed by atoms with Crippen LogP contribution >= 0.6 is 0 Å². The highest BCUT2D eigenvalue weighted by Crippen LogP contribution is 2.43. The zero-order chi connectivity index (χ0) is 43.8. The fraction of sp³-hybridized carbons (Fsp3) is 0.0159. The Kier molecular flexibility index (Phi) is 11.8. The maximum absolute atomic E-state index is 3.82. The number of allylic oxidation sites excluding steroid dienone is 4. The molecular weight excluding hydrogens is 785 g/mol. The van der Waals surface area contributed by atoms with Crippen LogP contribution in [-0.2, 0) is 0 Å². The van der Waals surface area contributed by atoms with Crippen molar-refractivity contribution in [2.45, 2.75) is 0 Å². The molecule has 0 aliphatic carbocycles. The van der Waals surface area contributed by atoms with E-state index in [0.717, 1.165) is 22.7 Å². The Hall–Kier alpha value is -8.46. The molecule has 0 saturated heterocycles. The molecule has 2 heteroatoms. The zero-order valence-electron chi connectivity index (χ0n) is 36.2. The van der Waals surface area contributed by atoms with Gasteiger partial charge in [0.1, 0.15) is 0 Å². The van der Waals surface area contributed by atoms with Crippen LogP contribution in [-0.4, -0.2) is 6.54 Å². The van der Waals surface area contributed by atoms with Crippen molar-refractivity contribution in [3.63, 3.8) is 0 Å². The number of para-hydroxylation sites is 1. The Bertz CT molecular complexity index is 3260. The lowest BCUT2D eigenvalue weighted by Crippen LogP contribution is -2.17. The van der Waals surface area contributed by atoms with Gasteiger partial charge >= 0.3 is 0 Å². The first-order valence-electron chi connectivity index (χ1n) is 22.3. The maximum atomic E-state index is 3.82. The molecule has 0 atom stereocenters. The molecule has 0 N–H and O–H groups in total. The lowest BCUT2D eigenvalue weighted by atomic mass is 9.96. The maximum Gasteiger partial charge on any atom is 0.0540 e. The van der Waals surface area contributed by atoms with Crippen LogP contribution in [0.5, 0.6) is 0 Å². The SMILES string of the molecule is C=C/C=C\C=C/CN(c1ccc(-c2ccc(-c3ccc(N(c4ccccc4)c4ccc(-c5ccccc5)c5ccccc45)cc3)cc2)cc1)c1ccc(-c2ccccc2)c2ccccc12. The highest BCUT2D eigenvalue weighted by molar-refractivity contribution is 6.07. The molecule has 65 heavy (non-hydrogen) atoms. The predicted molar refractivity (Wildman–Crippen MR) is 280 cm³/mol. The van der Waals surface area contributed by atoms with Crippen molar-refractivity contribution in [2.75, 3.05) is 16.3 Å². The summed E-state index contributed by atoms with van der Waals surface area (Å²) < 4.78 is 0. The van der Waals surface area contributed by atoms with Crippen LogP contribution in [0.4, 0.5) is 28.4 Å². The van der Waals surface area contributed by atoms with Gasteiger partial charge in [0.2, 0.25) is 0 Å². The second-order valence-corrected chi connectivity index (χ2v) is 16.1. The summed E-state index contributed by atoms with van der Waals surface area (Å²) in [5.41, 5.74) is 15.3. The van der Waals surface area contributed by atoms with Crippen molar-refractivity contribution < 1.29 is 0 Å². The predicted octanol–water partition coefficient (Wildman–Crippen LogP) is 17.6. The van der Waals surface area contributed by atoms with Crippen molar-refractivity contribution in [3.8, 4) is 44.5 Å². The molecule has 2 nitrogen and oxygen atoms in total. The van der Waals surface area contributed by atoms with E-state index in [1.54, 1.807) is 6.08 Å². The average Bonchev–Trinajstić information content (AvgIpc) is 3.38. The number of hydrogen-bond acceptors (Lipinski definition) is 2. The highest BCUT2D eigenvalue weighted by atomic mass is 15.1. The smallest absolute Gasteiger partial charge is 0.0540 e. The number of benzene rings is 10. The van der Waals surface area contributed by atoms with Crippen LogP contribution in [0.3, 0.4) is 0 Å². The number of rotatable bonds is 13. The van der Waals surface area contributed by atoms with Crippen LogP contribution in [0.15, 0.2) is 274 Å². The average molecular weight is 833 g/mol. The van der Waals surface area contributed by atoms with Gasteiger partial charge in [-0.15, -0.1) is 0 Å². The standard InChI is InChI=1S/C63H48N2/c1-2-3-4-5-19-46-64(62-44-42-56(51-20-9-6-10-21-51)58-26-15-17-28-60(58)62)53-38-34-49(35-39-53)47-30-32-48(33-31-47)50-36-40-55(41-37-50)65(54-24-13-8-14-25-54)63-45-43-57(52-22-11-7-12-23-52)59-27-16-18-29-61(59)63/h2-45H,1,46H2/b4-3-,19-5-. The van der Waals surface area contributed by atoms with Crippen LogP contribution in [0.1, 0.15) is 0 Å². The Morgan fingerprint density at radius 1 is 0.308 bits per heavy atom. The molecule has 0 spiro atoms. The molecule has 0 bridgehead atoms. The van der Waals surface area contributed by atoms with Crippen molar-refractivity contribution in [2.24, 2.45) is 0 Å². The lowest BCUT2D eigenvalue weighted by molar-refractivity contribution is 1.10. The number of nitrogens with zero attached hydrogens (tertiary/aromatic N) is 2. The molecule has 10 aromatic carbocycles. The van der Waals surface area contributed by atoms with E-state index in [1.165, 1.54) is 71.7 Å². The molecule has 0 fully saturated rings. The van der Waals surface area contributed by atoms with E-state index in [1.807, 2.05) is 12.2 Å². The summed E-state index contributed by atoms with van der Waals surface area (Å²) in [5, 5.41) is 4.89. The van der Waals surface area contributed by atoms with E-state index < -0.39 is 0 Å². The summed E-state index contributed by atoms with van der Waals surface area (Å²) in [6.07, 6.45) is 10.1. The molecule has 10 aromatic rings. The summed E-state index contributed by atoms with van der Waals surface area (Å²) >= 11 is 0. The van der Waals surface area contributed by atoms with Gasteiger partial charge in [-0.05, 0) is 104 Å². The minimum absolute atomic E-state index is 0.712. The van der Waals surface area contributed by atoms with Gasteiger partial charge in [-0.3, -0.25) is 0 Å². The normalized spacial score (nSPS) is 11.4. The molecule has 0 aromatic heterocycles. The summed E-state index contributed by atoms with van der Waals surface area (Å²) in [5.74, 6) is 0. The second kappa shape index (κ2) is 18.9. The minimum atomic E-state index is 0.712. The zero-order valence-corrected chi connectivity index (χ0v) is 36.2. The number of hydrogen-bond donors (Lipinski definition) is 0. The van der Waals surface area contributed by atoms with Crippen molar-refractivity contribution in [1.82, 2.24) is 0 Å². The van der Waals surface area contributed by atoms with Crippen LogP contribution < -0.4 is 9.80 Å². The largest absolute Gasteiger partial charge is 0.337 e. The molecule has 0 radical (unpaired) electrons. The molecule has 0 aliphatic rings. The number of fused-ring (bicyclic) bond motifs is 2. The first-order valence-corrected chi connectivity index (χ1v) is 22.3. The van der Waals surface area contributed by atoms with E-state index in [4.69, 9.17) is 0 Å². The third kappa shape index (κ3) is 8.54. The quantitative estimate of drug-likeness (QED) is 0.107. The highest BCUT2D eigenvalue weighted by Gasteiger charge is 2.18. The molecule has 0 heterocycles. The monoisotopic (exact) mass is 832 g/mol. The van der Waals surface area contributed by atoms with Gasteiger partial charge in [0.25, 0.3) is 0 Å². The van der Waals surface area contributed by atoms with E-state index in [9.17, 15) is 0 Å². The second-order valence-electron chi connectivity index (χ2n) is 16.1. The van der Waals surface area contributed by atoms with Gasteiger partial charge in [0.15, 0.2) is 0 Å². The van der Waals surface area contributed by atoms with Crippen molar-refractivity contribution in [1.29, 1.82) is 0 Å². The fourth-order valence-electron chi connectivity index (χ4n) is 8.96. The van der Waals surface area contributed by atoms with E-state index in [2.05, 4.69) is 265 Å². The van der Waals surface area contributed by atoms with Crippen molar-refractivity contribution in [3.05, 3.63) is 274 Å². The molecule has 0 unspecified atom stereocenters. The first-order chi connectivity index (χ1) is 32.2. The molecule has 0 amide bonds. The number of anilines is 5. The molecule has 10 rings (SSSR count). The Morgan fingerprint density at radius 3 is 1.22 bits per heavy atom. The summed E-state index contributed by atoms with van der Waals surface area (Å²) in [6.45, 7) is 4.53. The third-order valence-electron chi connectivity index (χ3n) is 12.2. The van der Waals surface area contributed by atoms with E-state index in [0.29, 0.717) is 6.54 Å². The van der Waals surface area contributed by atoms with Crippen LogP contribution in [0.2, 0.25) is 0 Å². The molecule has 0 aliphatic heterocycles. The summed E-state index contributed by atoms with van der Waals surface area (Å²) in [7, 11) is 0. The van der Waals surface area contributed by atoms with Crippen molar-refractivity contribution >= 4 is 50.0 Å². The summed E-state index contributed by atoms with van der Waals surface area (Å²) in [6, 6.07) is 85.3. The fourth-order valence-corrected chi connectivity index (χ4v) is 8.96. The first kappa shape index (κ1) is 40.6. The molecule has 310 valence electrons.